The summed E-state index contributed by atoms with van der Waals surface area (Å²) < 4.78 is 16.5. The average molecular weight is 413 g/mol. The Morgan fingerprint density at radius 3 is 2.03 bits per heavy atom. The van der Waals surface area contributed by atoms with Crippen LogP contribution in [0.25, 0.3) is 0 Å². The first kappa shape index (κ1) is 23.6. The molecule has 0 aromatic carbocycles. The number of aliphatic hydroxyl groups is 1. The van der Waals surface area contributed by atoms with Gasteiger partial charge in [0.05, 0.1) is 12.0 Å². The lowest BCUT2D eigenvalue weighted by atomic mass is 9.76. The first-order chi connectivity index (χ1) is 13.5. The zero-order chi connectivity index (χ0) is 22.0. The van der Waals surface area contributed by atoms with Crippen molar-refractivity contribution in [3.8, 4) is 0 Å². The van der Waals surface area contributed by atoms with Crippen molar-refractivity contribution in [3.05, 3.63) is 0 Å². The number of carbonyl (C=O) groups excluding carboxylic acids is 3. The molecule has 2 fully saturated rings. The van der Waals surface area contributed by atoms with Crippen LogP contribution in [-0.2, 0) is 23.8 Å². The van der Waals surface area contributed by atoms with Gasteiger partial charge in [-0.2, -0.15) is 0 Å². The van der Waals surface area contributed by atoms with Gasteiger partial charge in [0.2, 0.25) is 0 Å². The number of cyclic esters (lactones) is 1. The van der Waals surface area contributed by atoms with E-state index in [1.165, 1.54) is 0 Å². The van der Waals surface area contributed by atoms with E-state index >= 15 is 0 Å². The second-order valence-electron chi connectivity index (χ2n) is 9.10. The SMILES string of the molecule is CC[C@H]1OC(=O)[C@H](C)[C@H]2OC(=O)O[C@H]([C@H]2C)[C@@H](C)C[C@@H](C)C(=O)[C@H](C)[C@@H](O)[C@H]1C. The second kappa shape index (κ2) is 9.45. The molecule has 10 atom stereocenters. The summed E-state index contributed by atoms with van der Waals surface area (Å²) in [5, 5.41) is 10.8. The second-order valence-corrected chi connectivity index (χ2v) is 9.10. The highest BCUT2D eigenvalue weighted by atomic mass is 16.7. The van der Waals surface area contributed by atoms with Crippen LogP contribution in [0, 0.1) is 35.5 Å². The van der Waals surface area contributed by atoms with Gasteiger partial charge in [-0.05, 0) is 25.7 Å². The Labute approximate surface area is 173 Å². The van der Waals surface area contributed by atoms with Crippen molar-refractivity contribution in [1.29, 1.82) is 0 Å². The number of aliphatic hydroxyl groups excluding tert-OH is 1. The van der Waals surface area contributed by atoms with Gasteiger partial charge in [-0.3, -0.25) is 9.59 Å². The maximum absolute atomic E-state index is 12.9. The molecule has 2 bridgehead atoms. The van der Waals surface area contributed by atoms with E-state index in [1.807, 2.05) is 27.7 Å². The largest absolute Gasteiger partial charge is 0.508 e. The summed E-state index contributed by atoms with van der Waals surface area (Å²) in [6, 6.07) is 0. The fourth-order valence-corrected chi connectivity index (χ4v) is 4.90. The van der Waals surface area contributed by atoms with Gasteiger partial charge in [-0.15, -0.1) is 0 Å². The molecular weight excluding hydrogens is 376 g/mol. The van der Waals surface area contributed by atoms with Crippen LogP contribution in [0.15, 0.2) is 0 Å². The van der Waals surface area contributed by atoms with Crippen LogP contribution < -0.4 is 0 Å². The van der Waals surface area contributed by atoms with Crippen molar-refractivity contribution in [1.82, 2.24) is 0 Å². The Bertz CT molecular complexity index is 618. The summed E-state index contributed by atoms with van der Waals surface area (Å²) in [4.78, 5) is 37.9. The molecule has 2 rings (SSSR count). The summed E-state index contributed by atoms with van der Waals surface area (Å²) in [6.45, 7) is 12.8. The summed E-state index contributed by atoms with van der Waals surface area (Å²) in [5.41, 5.74) is 0. The van der Waals surface area contributed by atoms with E-state index in [0.717, 1.165) is 0 Å². The van der Waals surface area contributed by atoms with Gasteiger partial charge >= 0.3 is 12.1 Å². The summed E-state index contributed by atoms with van der Waals surface area (Å²) in [6.07, 6.45) is -2.33. The van der Waals surface area contributed by atoms with E-state index in [0.29, 0.717) is 12.8 Å². The van der Waals surface area contributed by atoms with E-state index in [2.05, 4.69) is 0 Å². The van der Waals surface area contributed by atoms with E-state index in [4.69, 9.17) is 14.2 Å². The Morgan fingerprint density at radius 1 is 0.862 bits per heavy atom. The highest BCUT2D eigenvalue weighted by Crippen LogP contribution is 2.36. The van der Waals surface area contributed by atoms with Crippen LogP contribution in [0.1, 0.15) is 61.3 Å². The summed E-state index contributed by atoms with van der Waals surface area (Å²) in [5.74, 6) is -2.77. The maximum Gasteiger partial charge on any atom is 0.508 e. The van der Waals surface area contributed by atoms with Crippen molar-refractivity contribution >= 4 is 17.9 Å². The minimum atomic E-state index is -0.913. The molecule has 7 nitrogen and oxygen atoms in total. The number of fused-ring (bicyclic) bond motifs is 2. The van der Waals surface area contributed by atoms with Gasteiger partial charge in [0, 0.05) is 23.7 Å². The standard InChI is InChI=1S/C22H36O7/c1-8-16-12(4)18(24)13(5)17(23)10(2)9-11(3)19-14(6)20(29-22(26)28-19)15(7)21(25)27-16/h10-16,18-20,24H,8-9H2,1-7H3/t10-,11+,12+,13+,14-,15-,16-,18+,19+,20+/m1/s1. The molecule has 7 heteroatoms. The van der Waals surface area contributed by atoms with Gasteiger partial charge in [0.1, 0.15) is 24.1 Å². The predicted molar refractivity (Wildman–Crippen MR) is 106 cm³/mol. The highest BCUT2D eigenvalue weighted by Gasteiger charge is 2.46. The normalized spacial score (nSPS) is 44.9. The molecule has 2 heterocycles. The van der Waals surface area contributed by atoms with Gasteiger partial charge in [-0.1, -0.05) is 41.5 Å². The smallest absolute Gasteiger partial charge is 0.462 e. The lowest BCUT2D eigenvalue weighted by Crippen LogP contribution is -2.51. The van der Waals surface area contributed by atoms with Crippen LogP contribution in [0.3, 0.4) is 0 Å². The third-order valence-electron chi connectivity index (χ3n) is 6.89. The number of ketones is 1. The molecule has 0 spiro atoms. The Balaban J connectivity index is 2.41. The topological polar surface area (TPSA) is 99.1 Å². The van der Waals surface area contributed by atoms with Crippen molar-refractivity contribution in [2.75, 3.05) is 0 Å². The molecule has 1 N–H and O–H groups in total. The van der Waals surface area contributed by atoms with Crippen molar-refractivity contribution in [2.45, 2.75) is 85.7 Å². The molecule has 0 amide bonds. The van der Waals surface area contributed by atoms with Crippen LogP contribution in [-0.4, -0.2) is 47.4 Å². The Morgan fingerprint density at radius 2 is 1.45 bits per heavy atom. The van der Waals surface area contributed by atoms with Gasteiger partial charge < -0.3 is 19.3 Å². The maximum atomic E-state index is 12.9. The Hall–Kier alpha value is -1.63. The summed E-state index contributed by atoms with van der Waals surface area (Å²) in [7, 11) is 0. The van der Waals surface area contributed by atoms with E-state index in [1.54, 1.807) is 20.8 Å². The third kappa shape index (κ3) is 4.93. The molecule has 0 radical (unpaired) electrons. The van der Waals surface area contributed by atoms with E-state index in [9.17, 15) is 19.5 Å². The van der Waals surface area contributed by atoms with Crippen molar-refractivity contribution < 1.29 is 33.7 Å². The predicted octanol–water partition coefficient (Wildman–Crippen LogP) is 3.36. The molecule has 2 saturated heterocycles. The number of rotatable bonds is 1. The number of ether oxygens (including phenoxy) is 3. The molecule has 0 unspecified atom stereocenters. The quantitative estimate of drug-likeness (QED) is 0.659. The molecule has 0 aromatic heterocycles. The van der Waals surface area contributed by atoms with Crippen LogP contribution in [0.2, 0.25) is 0 Å². The van der Waals surface area contributed by atoms with Gasteiger partial charge in [0.25, 0.3) is 0 Å². The molecular formula is C22H36O7. The zero-order valence-electron chi connectivity index (χ0n) is 18.6. The van der Waals surface area contributed by atoms with Crippen LogP contribution in [0.4, 0.5) is 4.79 Å². The first-order valence-electron chi connectivity index (χ1n) is 10.8. The van der Waals surface area contributed by atoms with Crippen molar-refractivity contribution in [3.63, 3.8) is 0 Å². The molecule has 0 saturated carbocycles. The van der Waals surface area contributed by atoms with Gasteiger partial charge in [-0.25, -0.2) is 4.79 Å². The average Bonchev–Trinajstić information content (AvgIpc) is 2.69. The number of hydrogen-bond donors (Lipinski definition) is 1. The zero-order valence-corrected chi connectivity index (χ0v) is 18.6. The Kier molecular flexibility index (Phi) is 7.71. The van der Waals surface area contributed by atoms with Crippen LogP contribution in [0.5, 0.6) is 0 Å². The number of Topliss-reactive ketones (excluding diaryl/α,β-unsaturated/α-hetero) is 1. The third-order valence-corrected chi connectivity index (χ3v) is 6.89. The molecule has 166 valence electrons. The van der Waals surface area contributed by atoms with E-state index in [-0.39, 0.29) is 23.5 Å². The molecule has 0 aromatic rings. The minimum absolute atomic E-state index is 0.0367. The van der Waals surface area contributed by atoms with Crippen LogP contribution >= 0.6 is 0 Å². The molecule has 29 heavy (non-hydrogen) atoms. The first-order valence-corrected chi connectivity index (χ1v) is 10.8. The van der Waals surface area contributed by atoms with Crippen molar-refractivity contribution in [2.24, 2.45) is 35.5 Å². The summed E-state index contributed by atoms with van der Waals surface area (Å²) >= 11 is 0. The van der Waals surface area contributed by atoms with Gasteiger partial charge in [0.15, 0.2) is 0 Å². The molecule has 2 aliphatic rings. The number of hydrogen-bond acceptors (Lipinski definition) is 7. The molecule has 0 aliphatic carbocycles. The molecule has 2 aliphatic heterocycles. The van der Waals surface area contributed by atoms with E-state index < -0.39 is 54.3 Å². The fraction of sp³-hybridized carbons (Fsp3) is 0.864. The number of esters is 1. The highest BCUT2D eigenvalue weighted by molar-refractivity contribution is 5.83. The number of carbonyl (C=O) groups is 3. The lowest BCUT2D eigenvalue weighted by molar-refractivity contribution is -0.174. The fourth-order valence-electron chi connectivity index (χ4n) is 4.90. The minimum Gasteiger partial charge on any atom is -0.462 e. The monoisotopic (exact) mass is 412 g/mol. The lowest BCUT2D eigenvalue weighted by Gasteiger charge is -2.41.